The van der Waals surface area contributed by atoms with E-state index in [-0.39, 0.29) is 5.97 Å². The number of hydrogen-bond acceptors (Lipinski definition) is 4. The zero-order chi connectivity index (χ0) is 11.8. The molecule has 0 aromatic carbocycles. The van der Waals surface area contributed by atoms with Gasteiger partial charge in [0.05, 0.1) is 6.61 Å². The summed E-state index contributed by atoms with van der Waals surface area (Å²) in [6.45, 7) is 6.06. The number of carbonyl (C=O) groups is 1. The average molecular weight is 212 g/mol. The highest BCUT2D eigenvalue weighted by Crippen LogP contribution is 1.97. The first-order chi connectivity index (χ1) is 6.97. The molecule has 0 amide bonds. The molecule has 0 saturated heterocycles. The van der Waals surface area contributed by atoms with E-state index in [1.54, 1.807) is 24.2 Å². The first-order valence-corrected chi connectivity index (χ1v) is 4.92. The first-order valence-electron chi connectivity index (χ1n) is 4.92. The summed E-state index contributed by atoms with van der Waals surface area (Å²) in [5.74, 6) is -0.344. The Bertz CT molecular complexity index is 264. The van der Waals surface area contributed by atoms with Crippen molar-refractivity contribution in [3.8, 4) is 0 Å². The van der Waals surface area contributed by atoms with Crippen molar-refractivity contribution >= 4 is 5.97 Å². The fourth-order valence-electron chi connectivity index (χ4n) is 0.838. The Morgan fingerprint density at radius 1 is 1.40 bits per heavy atom. The summed E-state index contributed by atoms with van der Waals surface area (Å²) in [7, 11) is 3.70. The molecule has 0 radical (unpaired) electrons. The molecule has 0 aliphatic rings. The van der Waals surface area contributed by atoms with Gasteiger partial charge in [0.1, 0.15) is 5.70 Å². The quantitative estimate of drug-likeness (QED) is 0.553. The van der Waals surface area contributed by atoms with Crippen LogP contribution in [0, 0.1) is 0 Å². The number of carbonyl (C=O) groups excluding carboxylic acids is 1. The van der Waals surface area contributed by atoms with Crippen molar-refractivity contribution in [2.45, 2.75) is 20.8 Å². The number of hydrogen-bond donors (Lipinski definition) is 1. The number of esters is 1. The first kappa shape index (κ1) is 13.5. The van der Waals surface area contributed by atoms with Crippen LogP contribution in [0.2, 0.25) is 0 Å². The highest BCUT2D eigenvalue weighted by atomic mass is 16.5. The Labute approximate surface area is 91.6 Å². The Hall–Kier alpha value is -1.45. The van der Waals surface area contributed by atoms with Crippen molar-refractivity contribution in [2.75, 3.05) is 20.7 Å². The third-order valence-corrected chi connectivity index (χ3v) is 1.40. The van der Waals surface area contributed by atoms with Gasteiger partial charge in [0, 0.05) is 20.3 Å². The van der Waals surface area contributed by atoms with Crippen LogP contribution in [0.1, 0.15) is 20.8 Å². The van der Waals surface area contributed by atoms with Gasteiger partial charge >= 0.3 is 5.97 Å². The van der Waals surface area contributed by atoms with Gasteiger partial charge in [0.2, 0.25) is 0 Å². The minimum Gasteiger partial charge on any atom is -0.461 e. The van der Waals surface area contributed by atoms with E-state index in [2.05, 4.69) is 5.32 Å². The Balaban J connectivity index is 4.59. The van der Waals surface area contributed by atoms with Crippen LogP contribution in [0.25, 0.3) is 0 Å². The lowest BCUT2D eigenvalue weighted by atomic mass is 10.4. The zero-order valence-electron chi connectivity index (χ0n) is 10.1. The predicted molar refractivity (Wildman–Crippen MR) is 61.0 cm³/mol. The summed E-state index contributed by atoms with van der Waals surface area (Å²) in [5.41, 5.74) is 1.52. The molecule has 0 fully saturated rings. The molecule has 4 heteroatoms. The maximum Gasteiger partial charge on any atom is 0.356 e. The molecular weight excluding hydrogens is 192 g/mol. The van der Waals surface area contributed by atoms with Gasteiger partial charge in [-0.2, -0.15) is 0 Å². The lowest BCUT2D eigenvalue weighted by Crippen LogP contribution is -2.21. The molecule has 1 N–H and O–H groups in total. The monoisotopic (exact) mass is 212 g/mol. The fraction of sp³-hybridized carbons (Fsp3) is 0.545. The van der Waals surface area contributed by atoms with Crippen molar-refractivity contribution in [3.05, 3.63) is 23.7 Å². The van der Waals surface area contributed by atoms with Crippen LogP contribution in [0.3, 0.4) is 0 Å². The maximum absolute atomic E-state index is 11.5. The number of rotatable bonds is 5. The number of allylic oxidation sites excluding steroid dienone is 1. The van der Waals surface area contributed by atoms with Gasteiger partial charge in [0.15, 0.2) is 0 Å². The van der Waals surface area contributed by atoms with Crippen molar-refractivity contribution in [3.63, 3.8) is 0 Å². The second-order valence-electron chi connectivity index (χ2n) is 3.59. The fourth-order valence-corrected chi connectivity index (χ4v) is 0.838. The van der Waals surface area contributed by atoms with Crippen LogP contribution in [-0.4, -0.2) is 31.6 Å². The molecule has 0 aliphatic carbocycles. The average Bonchev–Trinajstić information content (AvgIpc) is 2.11. The van der Waals surface area contributed by atoms with Gasteiger partial charge in [0.25, 0.3) is 0 Å². The van der Waals surface area contributed by atoms with E-state index in [0.717, 1.165) is 5.57 Å². The van der Waals surface area contributed by atoms with Crippen molar-refractivity contribution in [1.82, 2.24) is 10.2 Å². The third-order valence-electron chi connectivity index (χ3n) is 1.40. The highest BCUT2D eigenvalue weighted by Gasteiger charge is 2.08. The summed E-state index contributed by atoms with van der Waals surface area (Å²) in [6.07, 6.45) is 3.46. The number of nitrogens with zero attached hydrogens (tertiary/aromatic N) is 1. The SMILES string of the molecule is CCOC(=O)/C(=C/N(C)C)NC=C(C)C. The van der Waals surface area contributed by atoms with E-state index in [4.69, 9.17) is 4.74 Å². The van der Waals surface area contributed by atoms with Gasteiger partial charge in [-0.15, -0.1) is 0 Å². The highest BCUT2D eigenvalue weighted by molar-refractivity contribution is 5.87. The van der Waals surface area contributed by atoms with Crippen LogP contribution in [0.15, 0.2) is 23.7 Å². The molecule has 0 aliphatic heterocycles. The lowest BCUT2D eigenvalue weighted by Gasteiger charge is -2.11. The topological polar surface area (TPSA) is 41.6 Å². The summed E-state index contributed by atoms with van der Waals surface area (Å²) < 4.78 is 4.91. The van der Waals surface area contributed by atoms with Crippen LogP contribution >= 0.6 is 0 Å². The maximum atomic E-state index is 11.5. The Kier molecular flexibility index (Phi) is 6.25. The summed E-state index contributed by atoms with van der Waals surface area (Å²) in [4.78, 5) is 13.3. The van der Waals surface area contributed by atoms with E-state index in [0.29, 0.717) is 12.3 Å². The molecule has 0 rings (SSSR count). The predicted octanol–water partition coefficient (Wildman–Crippen LogP) is 1.47. The molecule has 0 aromatic heterocycles. The third kappa shape index (κ3) is 6.60. The minimum absolute atomic E-state index is 0.344. The Morgan fingerprint density at radius 2 is 2.00 bits per heavy atom. The van der Waals surface area contributed by atoms with E-state index < -0.39 is 0 Å². The van der Waals surface area contributed by atoms with E-state index in [9.17, 15) is 4.79 Å². The van der Waals surface area contributed by atoms with E-state index in [1.807, 2.05) is 27.9 Å². The van der Waals surface area contributed by atoms with Crippen LogP contribution in [0.4, 0.5) is 0 Å². The molecule has 0 spiro atoms. The molecule has 0 saturated carbocycles. The molecule has 4 nitrogen and oxygen atoms in total. The molecule has 0 heterocycles. The molecule has 0 bridgehead atoms. The van der Waals surface area contributed by atoms with Gasteiger partial charge in [-0.25, -0.2) is 4.79 Å². The molecule has 0 unspecified atom stereocenters. The van der Waals surface area contributed by atoms with Gasteiger partial charge < -0.3 is 15.0 Å². The van der Waals surface area contributed by atoms with E-state index >= 15 is 0 Å². The molecular formula is C11H20N2O2. The van der Waals surface area contributed by atoms with Crippen LogP contribution in [0.5, 0.6) is 0 Å². The standard InChI is InChI=1S/C11H20N2O2/c1-6-15-11(14)10(8-13(4)5)12-7-9(2)3/h7-8,12H,6H2,1-5H3/b10-8-. The molecule has 0 aromatic rings. The second kappa shape index (κ2) is 6.92. The summed E-state index contributed by atoms with van der Waals surface area (Å²) in [5, 5.41) is 2.92. The molecule has 0 atom stereocenters. The molecule has 15 heavy (non-hydrogen) atoms. The van der Waals surface area contributed by atoms with Gasteiger partial charge in [-0.05, 0) is 27.0 Å². The number of nitrogens with one attached hydrogen (secondary N) is 1. The smallest absolute Gasteiger partial charge is 0.356 e. The lowest BCUT2D eigenvalue weighted by molar-refractivity contribution is -0.138. The van der Waals surface area contributed by atoms with Crippen LogP contribution < -0.4 is 5.32 Å². The van der Waals surface area contributed by atoms with Crippen molar-refractivity contribution in [2.24, 2.45) is 0 Å². The zero-order valence-corrected chi connectivity index (χ0v) is 10.1. The summed E-state index contributed by atoms with van der Waals surface area (Å²) >= 11 is 0. The number of ether oxygens (including phenoxy) is 1. The minimum atomic E-state index is -0.344. The van der Waals surface area contributed by atoms with Crippen molar-refractivity contribution < 1.29 is 9.53 Å². The largest absolute Gasteiger partial charge is 0.461 e. The summed E-state index contributed by atoms with van der Waals surface area (Å²) in [6, 6.07) is 0. The van der Waals surface area contributed by atoms with E-state index in [1.165, 1.54) is 0 Å². The van der Waals surface area contributed by atoms with Crippen LogP contribution in [-0.2, 0) is 9.53 Å². The van der Waals surface area contributed by atoms with Gasteiger partial charge in [-0.3, -0.25) is 0 Å². The molecule has 86 valence electrons. The normalized spacial score (nSPS) is 10.6. The second-order valence-corrected chi connectivity index (χ2v) is 3.59. The van der Waals surface area contributed by atoms with Crippen molar-refractivity contribution in [1.29, 1.82) is 0 Å². The Morgan fingerprint density at radius 3 is 2.40 bits per heavy atom. The van der Waals surface area contributed by atoms with Gasteiger partial charge in [-0.1, -0.05) is 5.57 Å².